The van der Waals surface area contributed by atoms with Gasteiger partial charge in [-0.1, -0.05) is 23.9 Å². The van der Waals surface area contributed by atoms with Crippen LogP contribution < -0.4 is 10.6 Å². The average Bonchev–Trinajstić information content (AvgIpc) is 3.08. The van der Waals surface area contributed by atoms with Crippen LogP contribution in [0.2, 0.25) is 0 Å². The summed E-state index contributed by atoms with van der Waals surface area (Å²) in [6.45, 7) is 3.26. The molecule has 2 aromatic carbocycles. The number of amides is 2. The summed E-state index contributed by atoms with van der Waals surface area (Å²) in [6, 6.07) is 11.3. The Morgan fingerprint density at radius 1 is 1.14 bits per heavy atom. The van der Waals surface area contributed by atoms with E-state index in [2.05, 4.69) is 15.6 Å². The Morgan fingerprint density at radius 3 is 2.54 bits per heavy atom. The summed E-state index contributed by atoms with van der Waals surface area (Å²) in [5.41, 5.74) is 3.01. The average molecular weight is 416 g/mol. The molecule has 0 radical (unpaired) electrons. The number of nitrogens with one attached hydrogen (secondary N) is 2. The van der Waals surface area contributed by atoms with E-state index in [1.54, 1.807) is 35.2 Å². The number of nitrogens with zero attached hydrogens (tertiary/aromatic N) is 1. The van der Waals surface area contributed by atoms with Crippen LogP contribution in [0.25, 0.3) is 0 Å². The number of carbonyl (C=O) groups excluding carboxylic acids is 2. The van der Waals surface area contributed by atoms with Crippen LogP contribution >= 0.6 is 23.1 Å². The van der Waals surface area contributed by atoms with Crippen LogP contribution in [0.4, 0.5) is 15.8 Å². The van der Waals surface area contributed by atoms with E-state index in [1.807, 2.05) is 24.4 Å². The van der Waals surface area contributed by atoms with Gasteiger partial charge in [0, 0.05) is 35.0 Å². The summed E-state index contributed by atoms with van der Waals surface area (Å²) >= 11 is 3.27. The van der Waals surface area contributed by atoms with Crippen molar-refractivity contribution < 1.29 is 14.0 Å². The largest absolute Gasteiger partial charge is 0.324 e. The Morgan fingerprint density at radius 2 is 1.89 bits per heavy atom. The molecule has 0 aliphatic carbocycles. The van der Waals surface area contributed by atoms with Crippen molar-refractivity contribution in [3.8, 4) is 0 Å². The van der Waals surface area contributed by atoms with Crippen molar-refractivity contribution >= 4 is 46.3 Å². The minimum absolute atomic E-state index is 0.0232. The van der Waals surface area contributed by atoms with Crippen molar-refractivity contribution in [2.75, 3.05) is 10.6 Å². The lowest BCUT2D eigenvalue weighted by atomic mass is 10.1. The highest BCUT2D eigenvalue weighted by molar-refractivity contribution is 8.00. The lowest BCUT2D eigenvalue weighted by Gasteiger charge is -2.09. The molecule has 0 saturated heterocycles. The molecule has 2 N–H and O–H groups in total. The molecule has 0 aliphatic rings. The molecule has 0 bridgehead atoms. The zero-order valence-electron chi connectivity index (χ0n) is 15.3. The molecular formula is C20H18FN3O2S2. The fourth-order valence-electron chi connectivity index (χ4n) is 2.39. The molecule has 3 aromatic rings. The minimum Gasteiger partial charge on any atom is -0.324 e. The topological polar surface area (TPSA) is 71.1 Å². The molecule has 0 spiro atoms. The molecule has 2 amide bonds. The lowest BCUT2D eigenvalue weighted by Crippen LogP contribution is -2.13. The maximum absolute atomic E-state index is 13.7. The first-order chi connectivity index (χ1) is 13.4. The van der Waals surface area contributed by atoms with Gasteiger partial charge in [0.05, 0.1) is 5.69 Å². The first kappa shape index (κ1) is 20.0. The van der Waals surface area contributed by atoms with Crippen molar-refractivity contribution in [3.05, 3.63) is 70.5 Å². The number of aryl methyl sites for hydroxylation is 1. The van der Waals surface area contributed by atoms with Crippen LogP contribution in [0.5, 0.6) is 0 Å². The predicted octanol–water partition coefficient (Wildman–Crippen LogP) is 5.09. The molecule has 28 heavy (non-hydrogen) atoms. The summed E-state index contributed by atoms with van der Waals surface area (Å²) in [5, 5.41) is 7.12. The van der Waals surface area contributed by atoms with Gasteiger partial charge in [-0.05, 0) is 42.8 Å². The summed E-state index contributed by atoms with van der Waals surface area (Å²) in [6.07, 6.45) is 0. The van der Waals surface area contributed by atoms with E-state index in [4.69, 9.17) is 0 Å². The highest BCUT2D eigenvalue weighted by atomic mass is 32.2. The molecule has 0 fully saturated rings. The van der Waals surface area contributed by atoms with Crippen LogP contribution in [0.15, 0.2) is 52.2 Å². The number of hydrogen-bond donors (Lipinski definition) is 2. The number of hydrogen-bond acceptors (Lipinski definition) is 5. The third-order valence-electron chi connectivity index (χ3n) is 3.71. The van der Waals surface area contributed by atoms with Gasteiger partial charge in [-0.3, -0.25) is 9.59 Å². The first-order valence-corrected chi connectivity index (χ1v) is 10.3. The molecule has 144 valence electrons. The number of halogens is 1. The molecule has 0 saturated carbocycles. The van der Waals surface area contributed by atoms with Gasteiger partial charge < -0.3 is 10.6 Å². The van der Waals surface area contributed by atoms with E-state index in [9.17, 15) is 14.0 Å². The van der Waals surface area contributed by atoms with Crippen LogP contribution in [0.1, 0.15) is 28.5 Å². The van der Waals surface area contributed by atoms with Gasteiger partial charge in [0.2, 0.25) is 5.91 Å². The van der Waals surface area contributed by atoms with E-state index < -0.39 is 5.82 Å². The van der Waals surface area contributed by atoms with Crippen LogP contribution in [-0.2, 0) is 10.5 Å². The number of benzene rings is 2. The third-order valence-corrected chi connectivity index (χ3v) is 5.92. The Balaban J connectivity index is 1.62. The molecule has 3 rings (SSSR count). The number of aromatic nitrogens is 1. The second kappa shape index (κ2) is 8.99. The van der Waals surface area contributed by atoms with Gasteiger partial charge in [0.25, 0.3) is 5.91 Å². The second-order valence-electron chi connectivity index (χ2n) is 6.07. The van der Waals surface area contributed by atoms with E-state index in [1.165, 1.54) is 25.1 Å². The smallest absolute Gasteiger partial charge is 0.255 e. The van der Waals surface area contributed by atoms with Crippen molar-refractivity contribution in [1.29, 1.82) is 0 Å². The Bertz CT molecular complexity index is 1000. The Kier molecular flexibility index (Phi) is 6.43. The first-order valence-electron chi connectivity index (χ1n) is 8.43. The van der Waals surface area contributed by atoms with Crippen molar-refractivity contribution in [2.45, 2.75) is 23.9 Å². The highest BCUT2D eigenvalue weighted by Gasteiger charge is 2.10. The monoisotopic (exact) mass is 415 g/mol. The highest BCUT2D eigenvalue weighted by Crippen LogP contribution is 2.26. The van der Waals surface area contributed by atoms with Crippen molar-refractivity contribution in [3.63, 3.8) is 0 Å². The van der Waals surface area contributed by atoms with E-state index in [0.29, 0.717) is 11.3 Å². The quantitative estimate of drug-likeness (QED) is 0.550. The summed E-state index contributed by atoms with van der Waals surface area (Å²) in [4.78, 5) is 28.0. The van der Waals surface area contributed by atoms with Gasteiger partial charge in [0.1, 0.15) is 10.2 Å². The molecule has 1 aromatic heterocycles. The number of anilines is 2. The fourth-order valence-corrected chi connectivity index (χ4v) is 4.19. The Hall–Kier alpha value is -2.71. The number of carbonyl (C=O) groups is 2. The lowest BCUT2D eigenvalue weighted by molar-refractivity contribution is -0.114. The van der Waals surface area contributed by atoms with E-state index in [0.717, 1.165) is 21.3 Å². The van der Waals surface area contributed by atoms with E-state index in [-0.39, 0.29) is 17.5 Å². The molecule has 5 nitrogen and oxygen atoms in total. The number of rotatable bonds is 6. The van der Waals surface area contributed by atoms with Gasteiger partial charge in [-0.2, -0.15) is 0 Å². The molecular weight excluding hydrogens is 397 g/mol. The van der Waals surface area contributed by atoms with Crippen LogP contribution in [0, 0.1) is 12.7 Å². The van der Waals surface area contributed by atoms with Crippen molar-refractivity contribution in [2.24, 2.45) is 0 Å². The molecule has 0 aliphatic heterocycles. The van der Waals surface area contributed by atoms with Gasteiger partial charge in [-0.25, -0.2) is 9.37 Å². The SMILES string of the molecule is CC(=O)Nc1cc(NC(=O)c2ccc(CSc3nc(C)cs3)cc2)ccc1F. The van der Waals surface area contributed by atoms with Crippen molar-refractivity contribution in [1.82, 2.24) is 4.98 Å². The van der Waals surface area contributed by atoms with Gasteiger partial charge >= 0.3 is 0 Å². The van der Waals surface area contributed by atoms with E-state index >= 15 is 0 Å². The summed E-state index contributed by atoms with van der Waals surface area (Å²) in [7, 11) is 0. The third kappa shape index (κ3) is 5.40. The number of thioether (sulfide) groups is 1. The molecule has 0 atom stereocenters. The fraction of sp³-hybridized carbons (Fsp3) is 0.150. The maximum Gasteiger partial charge on any atom is 0.255 e. The standard InChI is InChI=1S/C20H18FN3O2S2/c1-12-10-27-20(22-12)28-11-14-3-5-15(6-4-14)19(26)24-16-7-8-17(21)18(9-16)23-13(2)25/h3-10H,11H2,1-2H3,(H,23,25)(H,24,26). The number of thiazole rings is 1. The summed E-state index contributed by atoms with van der Waals surface area (Å²) < 4.78 is 14.7. The zero-order valence-corrected chi connectivity index (χ0v) is 16.9. The molecule has 0 unspecified atom stereocenters. The predicted molar refractivity (Wildman–Crippen MR) is 112 cm³/mol. The van der Waals surface area contributed by atoms with Crippen LogP contribution in [0.3, 0.4) is 0 Å². The Labute approximate surface area is 170 Å². The second-order valence-corrected chi connectivity index (χ2v) is 8.15. The molecule has 1 heterocycles. The van der Waals surface area contributed by atoms with Gasteiger partial charge in [0.15, 0.2) is 0 Å². The van der Waals surface area contributed by atoms with Crippen LogP contribution in [-0.4, -0.2) is 16.8 Å². The normalized spacial score (nSPS) is 10.5. The molecule has 8 heteroatoms. The van der Waals surface area contributed by atoms with Gasteiger partial charge in [-0.15, -0.1) is 11.3 Å². The zero-order chi connectivity index (χ0) is 20.1. The summed E-state index contributed by atoms with van der Waals surface area (Å²) in [5.74, 6) is -0.489. The maximum atomic E-state index is 13.7. The minimum atomic E-state index is -0.564.